The molecule has 0 aliphatic carbocycles. The lowest BCUT2D eigenvalue weighted by Crippen LogP contribution is -2.28. The van der Waals surface area contributed by atoms with Gasteiger partial charge < -0.3 is 14.7 Å². The number of methoxy groups -OCH3 is 1. The summed E-state index contributed by atoms with van der Waals surface area (Å²) >= 11 is 0. The van der Waals surface area contributed by atoms with Gasteiger partial charge in [0.1, 0.15) is 0 Å². The van der Waals surface area contributed by atoms with Crippen LogP contribution in [0.5, 0.6) is 0 Å². The lowest BCUT2D eigenvalue weighted by molar-refractivity contribution is -0.141. The summed E-state index contributed by atoms with van der Waals surface area (Å²) in [6.45, 7) is 2.19. The molecule has 0 aromatic heterocycles. The molecule has 0 radical (unpaired) electrons. The number of ether oxygens (including phenoxy) is 1. The van der Waals surface area contributed by atoms with E-state index in [-0.39, 0.29) is 11.9 Å². The Balaban J connectivity index is 3.67. The first-order chi connectivity index (χ1) is 7.47. The van der Waals surface area contributed by atoms with Crippen molar-refractivity contribution in [1.82, 2.24) is 4.90 Å². The molecule has 0 aliphatic heterocycles. The van der Waals surface area contributed by atoms with E-state index < -0.39 is 6.10 Å². The zero-order valence-electron chi connectivity index (χ0n) is 10.2. The summed E-state index contributed by atoms with van der Waals surface area (Å²) in [6.07, 6.45) is 1.29. The first kappa shape index (κ1) is 14.9. The van der Waals surface area contributed by atoms with E-state index in [1.807, 2.05) is 0 Å². The second-order valence-electron chi connectivity index (χ2n) is 3.88. The molecule has 0 heterocycles. The van der Waals surface area contributed by atoms with Crippen LogP contribution < -0.4 is 0 Å². The topological polar surface area (TPSA) is 66.8 Å². The predicted octanol–water partition coefficient (Wildman–Crippen LogP) is 0.559. The largest absolute Gasteiger partial charge is 0.469 e. The first-order valence-corrected chi connectivity index (χ1v) is 5.46. The minimum atomic E-state index is -0.451. The van der Waals surface area contributed by atoms with Crippen LogP contribution in [0.1, 0.15) is 32.6 Å². The molecule has 0 fully saturated rings. The molecule has 1 N–H and O–H groups in total. The van der Waals surface area contributed by atoms with E-state index in [0.29, 0.717) is 32.2 Å². The number of rotatable bonds is 7. The van der Waals surface area contributed by atoms with E-state index in [9.17, 15) is 9.59 Å². The zero-order valence-corrected chi connectivity index (χ0v) is 10.2. The number of hydrogen-bond acceptors (Lipinski definition) is 4. The van der Waals surface area contributed by atoms with Crippen molar-refractivity contribution < 1.29 is 19.4 Å². The Morgan fingerprint density at radius 2 is 2.00 bits per heavy atom. The van der Waals surface area contributed by atoms with Crippen LogP contribution in [0.15, 0.2) is 0 Å². The van der Waals surface area contributed by atoms with Gasteiger partial charge in [0.15, 0.2) is 0 Å². The molecule has 1 atom stereocenters. The van der Waals surface area contributed by atoms with E-state index in [1.165, 1.54) is 7.11 Å². The van der Waals surface area contributed by atoms with Crippen LogP contribution in [0.4, 0.5) is 0 Å². The minimum Gasteiger partial charge on any atom is -0.469 e. The molecule has 16 heavy (non-hydrogen) atoms. The third kappa shape index (κ3) is 7.23. The summed E-state index contributed by atoms with van der Waals surface area (Å²) in [6, 6.07) is 0. The van der Waals surface area contributed by atoms with E-state index in [4.69, 9.17) is 5.11 Å². The van der Waals surface area contributed by atoms with Gasteiger partial charge in [-0.3, -0.25) is 9.59 Å². The summed E-state index contributed by atoms with van der Waals surface area (Å²) in [5.74, 6) is -0.268. The molecule has 0 aromatic rings. The monoisotopic (exact) mass is 231 g/mol. The highest BCUT2D eigenvalue weighted by Gasteiger charge is 2.10. The molecule has 1 unspecified atom stereocenters. The van der Waals surface area contributed by atoms with Crippen molar-refractivity contribution in [2.24, 2.45) is 0 Å². The van der Waals surface area contributed by atoms with Crippen molar-refractivity contribution in [2.45, 2.75) is 38.7 Å². The number of aliphatic hydroxyl groups excluding tert-OH is 1. The number of aliphatic hydroxyl groups is 1. The van der Waals surface area contributed by atoms with Gasteiger partial charge in [0, 0.05) is 26.4 Å². The fourth-order valence-electron chi connectivity index (χ4n) is 1.21. The molecule has 0 saturated carbocycles. The molecule has 0 bridgehead atoms. The minimum absolute atomic E-state index is 0.00855. The highest BCUT2D eigenvalue weighted by atomic mass is 16.5. The Morgan fingerprint density at radius 3 is 2.50 bits per heavy atom. The molecule has 0 rings (SSSR count). The van der Waals surface area contributed by atoms with Crippen molar-refractivity contribution >= 4 is 11.9 Å². The summed E-state index contributed by atoms with van der Waals surface area (Å²) < 4.78 is 4.50. The number of hydrogen-bond donors (Lipinski definition) is 1. The molecular formula is C11H21NO4. The van der Waals surface area contributed by atoms with Gasteiger partial charge in [0.25, 0.3) is 0 Å². The standard InChI is InChI=1S/C11H21NO4/c1-9(13)6-7-10(14)12(2)8-4-5-11(15)16-3/h9,13H,4-8H2,1-3H3. The molecule has 1 amide bonds. The van der Waals surface area contributed by atoms with Gasteiger partial charge in [-0.25, -0.2) is 0 Å². The maximum atomic E-state index is 11.5. The normalized spacial score (nSPS) is 12.0. The number of esters is 1. The molecule has 94 valence electrons. The molecule has 0 saturated heterocycles. The van der Waals surface area contributed by atoms with E-state index >= 15 is 0 Å². The summed E-state index contributed by atoms with van der Waals surface area (Å²) in [7, 11) is 3.04. The Kier molecular flexibility index (Phi) is 7.54. The summed E-state index contributed by atoms with van der Waals surface area (Å²) in [5.41, 5.74) is 0. The average molecular weight is 231 g/mol. The molecule has 5 heteroatoms. The average Bonchev–Trinajstić information content (AvgIpc) is 2.25. The molecule has 0 aromatic carbocycles. The van der Waals surface area contributed by atoms with Gasteiger partial charge in [-0.2, -0.15) is 0 Å². The number of carbonyl (C=O) groups excluding carboxylic acids is 2. The Hall–Kier alpha value is -1.10. The van der Waals surface area contributed by atoms with Gasteiger partial charge >= 0.3 is 5.97 Å². The van der Waals surface area contributed by atoms with Crippen LogP contribution >= 0.6 is 0 Å². The fourth-order valence-corrected chi connectivity index (χ4v) is 1.21. The Labute approximate surface area is 96.4 Å². The first-order valence-electron chi connectivity index (χ1n) is 5.46. The van der Waals surface area contributed by atoms with Gasteiger partial charge in [-0.1, -0.05) is 0 Å². The van der Waals surface area contributed by atoms with Crippen LogP contribution in [-0.2, 0) is 14.3 Å². The molecule has 0 aliphatic rings. The zero-order chi connectivity index (χ0) is 12.6. The van der Waals surface area contributed by atoms with Crippen molar-refractivity contribution in [2.75, 3.05) is 20.7 Å². The lowest BCUT2D eigenvalue weighted by atomic mass is 10.2. The van der Waals surface area contributed by atoms with E-state index in [1.54, 1.807) is 18.9 Å². The van der Waals surface area contributed by atoms with Gasteiger partial charge in [-0.05, 0) is 19.8 Å². The highest BCUT2D eigenvalue weighted by Crippen LogP contribution is 2.02. The van der Waals surface area contributed by atoms with Crippen LogP contribution in [-0.4, -0.2) is 48.7 Å². The van der Waals surface area contributed by atoms with Crippen LogP contribution in [0.25, 0.3) is 0 Å². The number of nitrogens with zero attached hydrogens (tertiary/aromatic N) is 1. The van der Waals surface area contributed by atoms with Crippen LogP contribution in [0.3, 0.4) is 0 Å². The van der Waals surface area contributed by atoms with Crippen molar-refractivity contribution in [3.8, 4) is 0 Å². The Bertz CT molecular complexity index is 228. The van der Waals surface area contributed by atoms with Crippen LogP contribution in [0, 0.1) is 0 Å². The lowest BCUT2D eigenvalue weighted by Gasteiger charge is -2.17. The van der Waals surface area contributed by atoms with Crippen LogP contribution in [0.2, 0.25) is 0 Å². The van der Waals surface area contributed by atoms with E-state index in [2.05, 4.69) is 4.74 Å². The fraction of sp³-hybridized carbons (Fsp3) is 0.818. The number of carbonyl (C=O) groups is 2. The third-order valence-corrected chi connectivity index (χ3v) is 2.30. The molecule has 0 spiro atoms. The SMILES string of the molecule is COC(=O)CCCN(C)C(=O)CCC(C)O. The van der Waals surface area contributed by atoms with Crippen molar-refractivity contribution in [1.29, 1.82) is 0 Å². The van der Waals surface area contributed by atoms with Gasteiger partial charge in [0.2, 0.25) is 5.91 Å². The maximum Gasteiger partial charge on any atom is 0.305 e. The maximum absolute atomic E-state index is 11.5. The Morgan fingerprint density at radius 1 is 1.38 bits per heavy atom. The van der Waals surface area contributed by atoms with Crippen molar-refractivity contribution in [3.63, 3.8) is 0 Å². The second kappa shape index (κ2) is 8.10. The van der Waals surface area contributed by atoms with Gasteiger partial charge in [-0.15, -0.1) is 0 Å². The molecular weight excluding hydrogens is 210 g/mol. The highest BCUT2D eigenvalue weighted by molar-refractivity contribution is 5.76. The van der Waals surface area contributed by atoms with E-state index in [0.717, 1.165) is 0 Å². The molecule has 5 nitrogen and oxygen atoms in total. The van der Waals surface area contributed by atoms with Crippen molar-refractivity contribution in [3.05, 3.63) is 0 Å². The smallest absolute Gasteiger partial charge is 0.305 e. The summed E-state index contributed by atoms with van der Waals surface area (Å²) in [4.78, 5) is 23.9. The second-order valence-corrected chi connectivity index (χ2v) is 3.88. The van der Waals surface area contributed by atoms with Gasteiger partial charge in [0.05, 0.1) is 13.2 Å². The summed E-state index contributed by atoms with van der Waals surface area (Å²) in [5, 5.41) is 9.03. The number of amides is 1. The predicted molar refractivity (Wildman–Crippen MR) is 59.8 cm³/mol. The third-order valence-electron chi connectivity index (χ3n) is 2.30. The quantitative estimate of drug-likeness (QED) is 0.650.